The Bertz CT molecular complexity index is 173. The van der Waals surface area contributed by atoms with Crippen molar-refractivity contribution in [3.05, 3.63) is 0 Å². The lowest BCUT2D eigenvalue weighted by atomic mass is 10.3. The smallest absolute Gasteiger partial charge is 0.228 e. The molecule has 0 aliphatic rings. The molecule has 5 heteroatoms. The average molecular weight is 202 g/mol. The zero-order valence-corrected chi connectivity index (χ0v) is 8.53. The predicted molar refractivity (Wildman–Crippen MR) is 52.6 cm³/mol. The van der Waals surface area contributed by atoms with E-state index >= 15 is 0 Å². The number of nitrogens with zero attached hydrogens (tertiary/aromatic N) is 1. The van der Waals surface area contributed by atoms with Gasteiger partial charge in [-0.1, -0.05) is 6.92 Å². The average Bonchev–Trinajstić information content (AvgIpc) is 2.22. The second-order valence-corrected chi connectivity index (χ2v) is 2.87. The first-order chi connectivity index (χ1) is 6.76. The largest absolute Gasteiger partial charge is 0.395 e. The van der Waals surface area contributed by atoms with Crippen molar-refractivity contribution in [2.45, 2.75) is 19.8 Å². The minimum atomic E-state index is -0.151. The van der Waals surface area contributed by atoms with Gasteiger partial charge >= 0.3 is 0 Å². The normalized spacial score (nSPS) is 9.86. The van der Waals surface area contributed by atoms with Gasteiger partial charge in [0.2, 0.25) is 12.3 Å². The molecule has 0 heterocycles. The first-order valence-corrected chi connectivity index (χ1v) is 4.82. The highest BCUT2D eigenvalue weighted by Crippen LogP contribution is 1.91. The van der Waals surface area contributed by atoms with E-state index < -0.39 is 0 Å². The van der Waals surface area contributed by atoms with Crippen LogP contribution in [-0.4, -0.2) is 48.6 Å². The van der Waals surface area contributed by atoms with Crippen molar-refractivity contribution in [2.24, 2.45) is 0 Å². The summed E-state index contributed by atoms with van der Waals surface area (Å²) >= 11 is 0. The van der Waals surface area contributed by atoms with Crippen LogP contribution in [0.2, 0.25) is 0 Å². The first kappa shape index (κ1) is 13.1. The van der Waals surface area contributed by atoms with Crippen LogP contribution in [0.4, 0.5) is 0 Å². The van der Waals surface area contributed by atoms with Gasteiger partial charge in [0.1, 0.15) is 0 Å². The molecule has 82 valence electrons. The number of carbonyl (C=O) groups excluding carboxylic acids is 2. The van der Waals surface area contributed by atoms with E-state index in [0.29, 0.717) is 38.9 Å². The van der Waals surface area contributed by atoms with Gasteiger partial charge in [-0.15, -0.1) is 0 Å². The molecule has 0 saturated carbocycles. The molecule has 0 radical (unpaired) electrons. The first-order valence-electron chi connectivity index (χ1n) is 4.82. The summed E-state index contributed by atoms with van der Waals surface area (Å²) in [6, 6.07) is 0. The van der Waals surface area contributed by atoms with E-state index in [0.717, 1.165) is 0 Å². The number of carbonyl (C=O) groups is 2. The van der Waals surface area contributed by atoms with Crippen molar-refractivity contribution in [1.82, 2.24) is 10.2 Å². The van der Waals surface area contributed by atoms with Crippen molar-refractivity contribution < 1.29 is 14.7 Å². The van der Waals surface area contributed by atoms with Gasteiger partial charge in [0.25, 0.3) is 0 Å². The lowest BCUT2D eigenvalue weighted by Crippen LogP contribution is -2.32. The lowest BCUT2D eigenvalue weighted by Gasteiger charge is -2.14. The summed E-state index contributed by atoms with van der Waals surface area (Å²) in [4.78, 5) is 22.7. The number of hydrogen-bond acceptors (Lipinski definition) is 4. The monoisotopic (exact) mass is 202 g/mol. The summed E-state index contributed by atoms with van der Waals surface area (Å²) in [5.74, 6) is -0.151. The van der Waals surface area contributed by atoms with Crippen LogP contribution in [0.25, 0.3) is 0 Å². The second-order valence-electron chi connectivity index (χ2n) is 2.87. The summed E-state index contributed by atoms with van der Waals surface area (Å²) in [5.41, 5.74) is 0. The molecule has 0 aromatic carbocycles. The zero-order chi connectivity index (χ0) is 10.8. The summed E-state index contributed by atoms with van der Waals surface area (Å²) < 4.78 is 0. The topological polar surface area (TPSA) is 69.6 Å². The van der Waals surface area contributed by atoms with Gasteiger partial charge in [0.15, 0.2) is 0 Å². The van der Waals surface area contributed by atoms with E-state index in [1.165, 1.54) is 4.90 Å². The van der Waals surface area contributed by atoms with Crippen molar-refractivity contribution >= 4 is 12.3 Å². The molecule has 2 N–H and O–H groups in total. The number of rotatable bonds is 8. The molecule has 0 aromatic rings. The number of nitrogens with one attached hydrogen (secondary N) is 1. The maximum atomic E-state index is 11.1. The van der Waals surface area contributed by atoms with Gasteiger partial charge in [-0.25, -0.2) is 0 Å². The molecule has 0 atom stereocenters. The van der Waals surface area contributed by atoms with E-state index in [9.17, 15) is 9.59 Å². The molecule has 0 aromatic heterocycles. The Morgan fingerprint density at radius 3 is 2.71 bits per heavy atom. The third-order valence-corrected chi connectivity index (χ3v) is 1.79. The quantitative estimate of drug-likeness (QED) is 0.405. The predicted octanol–water partition coefficient (Wildman–Crippen LogP) is -0.647. The van der Waals surface area contributed by atoms with Crippen LogP contribution in [0, 0.1) is 0 Å². The number of hydrogen-bond donors (Lipinski definition) is 2. The van der Waals surface area contributed by atoms with E-state index in [1.54, 1.807) is 6.92 Å². The Balaban J connectivity index is 3.53. The third-order valence-electron chi connectivity index (χ3n) is 1.79. The van der Waals surface area contributed by atoms with Gasteiger partial charge in [-0.2, -0.15) is 0 Å². The number of aliphatic hydroxyl groups is 1. The Labute approximate surface area is 84.1 Å². The molecule has 5 nitrogen and oxygen atoms in total. The standard InChI is InChI=1S/C9H18N2O3/c1-2-9(14)11(8-13)6-3-4-10-5-7-12/h8,10,12H,2-7H2,1H3. The minimum Gasteiger partial charge on any atom is -0.395 e. The lowest BCUT2D eigenvalue weighted by molar-refractivity contribution is -0.137. The molecule has 0 aliphatic heterocycles. The molecule has 0 aliphatic carbocycles. The van der Waals surface area contributed by atoms with Crippen molar-refractivity contribution in [2.75, 3.05) is 26.2 Å². The summed E-state index contributed by atoms with van der Waals surface area (Å²) in [5, 5.41) is 11.4. The molecule has 14 heavy (non-hydrogen) atoms. The highest BCUT2D eigenvalue weighted by molar-refractivity contribution is 5.85. The number of aliphatic hydroxyl groups excluding tert-OH is 1. The maximum Gasteiger partial charge on any atom is 0.228 e. The number of amides is 2. The minimum absolute atomic E-state index is 0.102. The molecule has 0 spiro atoms. The van der Waals surface area contributed by atoms with E-state index in [2.05, 4.69) is 5.32 Å². The molecule has 0 rings (SSSR count). The summed E-state index contributed by atoms with van der Waals surface area (Å²) in [6.45, 7) is 3.51. The van der Waals surface area contributed by atoms with Gasteiger partial charge in [0.05, 0.1) is 6.61 Å². The zero-order valence-electron chi connectivity index (χ0n) is 8.53. The van der Waals surface area contributed by atoms with Crippen molar-refractivity contribution in [1.29, 1.82) is 0 Å². The van der Waals surface area contributed by atoms with Crippen LogP contribution in [0.5, 0.6) is 0 Å². The highest BCUT2D eigenvalue weighted by atomic mass is 16.3. The molecule has 0 saturated heterocycles. The van der Waals surface area contributed by atoms with Crippen LogP contribution >= 0.6 is 0 Å². The second kappa shape index (κ2) is 8.65. The Kier molecular flexibility index (Phi) is 8.07. The molecule has 0 fully saturated rings. The van der Waals surface area contributed by atoms with E-state index in [-0.39, 0.29) is 12.5 Å². The third kappa shape index (κ3) is 5.66. The van der Waals surface area contributed by atoms with Crippen LogP contribution in [0.1, 0.15) is 19.8 Å². The van der Waals surface area contributed by atoms with Gasteiger partial charge in [0, 0.05) is 19.5 Å². The Hall–Kier alpha value is -0.940. The fourth-order valence-corrected chi connectivity index (χ4v) is 1.02. The fraction of sp³-hybridized carbons (Fsp3) is 0.778. The van der Waals surface area contributed by atoms with E-state index in [1.807, 2.05) is 0 Å². The highest BCUT2D eigenvalue weighted by Gasteiger charge is 2.08. The summed E-state index contributed by atoms with van der Waals surface area (Å²) in [6.07, 6.45) is 1.63. The van der Waals surface area contributed by atoms with Crippen LogP contribution in [-0.2, 0) is 9.59 Å². The van der Waals surface area contributed by atoms with Gasteiger partial charge in [-0.05, 0) is 13.0 Å². The van der Waals surface area contributed by atoms with Gasteiger partial charge < -0.3 is 10.4 Å². The van der Waals surface area contributed by atoms with Crippen LogP contribution < -0.4 is 5.32 Å². The molecule has 0 unspecified atom stereocenters. The van der Waals surface area contributed by atoms with Crippen LogP contribution in [0.3, 0.4) is 0 Å². The molecule has 2 amide bonds. The van der Waals surface area contributed by atoms with Crippen LogP contribution in [0.15, 0.2) is 0 Å². The van der Waals surface area contributed by atoms with Gasteiger partial charge in [-0.3, -0.25) is 14.5 Å². The molecule has 0 bridgehead atoms. The molecular weight excluding hydrogens is 184 g/mol. The SMILES string of the molecule is CCC(=O)N(C=O)CCCNCCO. The maximum absolute atomic E-state index is 11.1. The Morgan fingerprint density at radius 2 is 2.21 bits per heavy atom. The fourth-order valence-electron chi connectivity index (χ4n) is 1.02. The number of imide groups is 1. The molecular formula is C9H18N2O3. The van der Waals surface area contributed by atoms with Crippen molar-refractivity contribution in [3.8, 4) is 0 Å². The Morgan fingerprint density at radius 1 is 1.50 bits per heavy atom. The van der Waals surface area contributed by atoms with Crippen molar-refractivity contribution in [3.63, 3.8) is 0 Å². The van der Waals surface area contributed by atoms with E-state index in [4.69, 9.17) is 5.11 Å². The summed E-state index contributed by atoms with van der Waals surface area (Å²) in [7, 11) is 0.